The van der Waals surface area contributed by atoms with Crippen molar-refractivity contribution in [2.75, 3.05) is 19.8 Å². The van der Waals surface area contributed by atoms with Crippen LogP contribution in [0.5, 0.6) is 0 Å². The second-order valence-corrected chi connectivity index (χ2v) is 4.74. The summed E-state index contributed by atoms with van der Waals surface area (Å²) < 4.78 is 5.64. The molecular formula is C15H25NO3. The Kier molecular flexibility index (Phi) is 7.67. The van der Waals surface area contributed by atoms with Crippen LogP contribution in [0.2, 0.25) is 0 Å². The molecule has 19 heavy (non-hydrogen) atoms. The van der Waals surface area contributed by atoms with Gasteiger partial charge in [0.05, 0.1) is 25.4 Å². The van der Waals surface area contributed by atoms with Gasteiger partial charge >= 0.3 is 0 Å². The lowest BCUT2D eigenvalue weighted by molar-refractivity contribution is -0.00354. The zero-order valence-corrected chi connectivity index (χ0v) is 11.7. The fourth-order valence-electron chi connectivity index (χ4n) is 1.78. The molecule has 108 valence electrons. The Hall–Kier alpha value is -0.940. The lowest BCUT2D eigenvalue weighted by Crippen LogP contribution is -2.39. The SMILES string of the molecule is CCC(CO)NCC(O)COC(C)c1ccccc1. The first-order chi connectivity index (χ1) is 9.17. The fourth-order valence-corrected chi connectivity index (χ4v) is 1.78. The van der Waals surface area contributed by atoms with E-state index in [4.69, 9.17) is 9.84 Å². The standard InChI is InChI=1S/C15H25NO3/c1-3-14(10-17)16-9-15(18)11-19-12(2)13-7-5-4-6-8-13/h4-8,12,14-18H,3,9-11H2,1-2H3. The van der Waals surface area contributed by atoms with E-state index in [9.17, 15) is 5.11 Å². The third-order valence-corrected chi connectivity index (χ3v) is 3.16. The molecule has 0 saturated carbocycles. The first kappa shape index (κ1) is 16.1. The molecule has 3 N–H and O–H groups in total. The summed E-state index contributed by atoms with van der Waals surface area (Å²) in [5.41, 5.74) is 1.10. The highest BCUT2D eigenvalue weighted by Gasteiger charge is 2.11. The lowest BCUT2D eigenvalue weighted by Gasteiger charge is -2.19. The van der Waals surface area contributed by atoms with Gasteiger partial charge in [0.15, 0.2) is 0 Å². The second-order valence-electron chi connectivity index (χ2n) is 4.74. The van der Waals surface area contributed by atoms with Crippen LogP contribution in [-0.4, -0.2) is 42.1 Å². The van der Waals surface area contributed by atoms with Crippen molar-refractivity contribution in [3.63, 3.8) is 0 Å². The van der Waals surface area contributed by atoms with E-state index in [0.717, 1.165) is 12.0 Å². The molecule has 0 bridgehead atoms. The molecule has 0 amide bonds. The zero-order chi connectivity index (χ0) is 14.1. The summed E-state index contributed by atoms with van der Waals surface area (Å²) in [6.45, 7) is 4.77. The molecular weight excluding hydrogens is 242 g/mol. The molecule has 0 fully saturated rings. The van der Waals surface area contributed by atoms with Crippen molar-refractivity contribution in [1.82, 2.24) is 5.32 Å². The van der Waals surface area contributed by atoms with Crippen molar-refractivity contribution in [1.29, 1.82) is 0 Å². The van der Waals surface area contributed by atoms with Crippen molar-refractivity contribution < 1.29 is 14.9 Å². The van der Waals surface area contributed by atoms with E-state index in [0.29, 0.717) is 6.54 Å². The van der Waals surface area contributed by atoms with Gasteiger partial charge in [0, 0.05) is 12.6 Å². The minimum atomic E-state index is -0.563. The van der Waals surface area contributed by atoms with Crippen LogP contribution in [0.25, 0.3) is 0 Å². The largest absolute Gasteiger partial charge is 0.395 e. The van der Waals surface area contributed by atoms with Crippen LogP contribution in [0.1, 0.15) is 31.9 Å². The Morgan fingerprint density at radius 3 is 2.53 bits per heavy atom. The first-order valence-corrected chi connectivity index (χ1v) is 6.86. The Morgan fingerprint density at radius 1 is 1.26 bits per heavy atom. The molecule has 4 heteroatoms. The molecule has 0 heterocycles. The van der Waals surface area contributed by atoms with Crippen molar-refractivity contribution in [2.24, 2.45) is 0 Å². The molecule has 0 aromatic heterocycles. The van der Waals surface area contributed by atoms with Gasteiger partial charge < -0.3 is 20.3 Å². The number of rotatable bonds is 9. The average molecular weight is 267 g/mol. The summed E-state index contributed by atoms with van der Waals surface area (Å²) in [6, 6.07) is 9.97. The van der Waals surface area contributed by atoms with E-state index in [1.165, 1.54) is 0 Å². The monoisotopic (exact) mass is 267 g/mol. The number of aliphatic hydroxyl groups is 2. The van der Waals surface area contributed by atoms with Gasteiger partial charge in [0.1, 0.15) is 0 Å². The van der Waals surface area contributed by atoms with Crippen molar-refractivity contribution in [2.45, 2.75) is 38.5 Å². The van der Waals surface area contributed by atoms with Gasteiger partial charge in [-0.15, -0.1) is 0 Å². The van der Waals surface area contributed by atoms with E-state index in [1.54, 1.807) is 0 Å². The number of aliphatic hydroxyl groups excluding tert-OH is 2. The summed E-state index contributed by atoms with van der Waals surface area (Å²) in [4.78, 5) is 0. The predicted octanol–water partition coefficient (Wildman–Crippen LogP) is 1.49. The van der Waals surface area contributed by atoms with Gasteiger partial charge in [-0.1, -0.05) is 37.3 Å². The van der Waals surface area contributed by atoms with Crippen LogP contribution in [0.3, 0.4) is 0 Å². The zero-order valence-electron chi connectivity index (χ0n) is 11.7. The van der Waals surface area contributed by atoms with Gasteiger partial charge in [0.25, 0.3) is 0 Å². The summed E-state index contributed by atoms with van der Waals surface area (Å²) in [7, 11) is 0. The molecule has 3 unspecified atom stereocenters. The molecule has 0 spiro atoms. The topological polar surface area (TPSA) is 61.7 Å². The molecule has 0 aliphatic carbocycles. The van der Waals surface area contributed by atoms with Gasteiger partial charge in [-0.2, -0.15) is 0 Å². The van der Waals surface area contributed by atoms with Crippen LogP contribution in [0.4, 0.5) is 0 Å². The Morgan fingerprint density at radius 2 is 1.95 bits per heavy atom. The van der Waals surface area contributed by atoms with Crippen LogP contribution in [0.15, 0.2) is 30.3 Å². The Bertz CT molecular complexity index is 327. The smallest absolute Gasteiger partial charge is 0.0898 e. The lowest BCUT2D eigenvalue weighted by atomic mass is 10.1. The number of nitrogens with one attached hydrogen (secondary N) is 1. The third-order valence-electron chi connectivity index (χ3n) is 3.16. The molecule has 1 rings (SSSR count). The van der Waals surface area contributed by atoms with Crippen LogP contribution in [0, 0.1) is 0 Å². The summed E-state index contributed by atoms with van der Waals surface area (Å²) >= 11 is 0. The summed E-state index contributed by atoms with van der Waals surface area (Å²) in [5, 5.41) is 21.9. The number of hydrogen-bond acceptors (Lipinski definition) is 4. The molecule has 1 aromatic rings. The normalized spacial score (nSPS) is 16.0. The maximum atomic E-state index is 9.82. The second kappa shape index (κ2) is 9.04. The molecule has 0 aliphatic rings. The maximum Gasteiger partial charge on any atom is 0.0898 e. The molecule has 1 aromatic carbocycles. The fraction of sp³-hybridized carbons (Fsp3) is 0.600. The van der Waals surface area contributed by atoms with Gasteiger partial charge in [0.2, 0.25) is 0 Å². The first-order valence-electron chi connectivity index (χ1n) is 6.86. The molecule has 3 atom stereocenters. The van der Waals surface area contributed by atoms with E-state index in [2.05, 4.69) is 5.32 Å². The third kappa shape index (κ3) is 6.16. The minimum absolute atomic E-state index is 0.0318. The van der Waals surface area contributed by atoms with Gasteiger partial charge in [-0.05, 0) is 18.9 Å². The van der Waals surface area contributed by atoms with Crippen LogP contribution >= 0.6 is 0 Å². The molecule has 0 saturated heterocycles. The van der Waals surface area contributed by atoms with E-state index < -0.39 is 6.10 Å². The quantitative estimate of drug-likeness (QED) is 0.634. The van der Waals surface area contributed by atoms with E-state index in [-0.39, 0.29) is 25.4 Å². The highest BCUT2D eigenvalue weighted by atomic mass is 16.5. The summed E-state index contributed by atoms with van der Waals surface area (Å²) in [5.74, 6) is 0. The molecule has 4 nitrogen and oxygen atoms in total. The van der Waals surface area contributed by atoms with E-state index >= 15 is 0 Å². The van der Waals surface area contributed by atoms with Crippen molar-refractivity contribution in [3.8, 4) is 0 Å². The van der Waals surface area contributed by atoms with Crippen molar-refractivity contribution in [3.05, 3.63) is 35.9 Å². The predicted molar refractivity (Wildman–Crippen MR) is 76.0 cm³/mol. The number of hydrogen-bond donors (Lipinski definition) is 3. The van der Waals surface area contributed by atoms with Gasteiger partial charge in [-0.25, -0.2) is 0 Å². The van der Waals surface area contributed by atoms with Crippen molar-refractivity contribution >= 4 is 0 Å². The minimum Gasteiger partial charge on any atom is -0.395 e. The number of benzene rings is 1. The molecule has 0 aliphatic heterocycles. The molecule has 0 radical (unpaired) electrons. The van der Waals surface area contributed by atoms with Gasteiger partial charge in [-0.3, -0.25) is 0 Å². The van der Waals surface area contributed by atoms with E-state index in [1.807, 2.05) is 44.2 Å². The Labute approximate surface area is 115 Å². The highest BCUT2D eigenvalue weighted by Crippen LogP contribution is 2.15. The maximum absolute atomic E-state index is 9.82. The van der Waals surface area contributed by atoms with Crippen LogP contribution < -0.4 is 5.32 Å². The number of ether oxygens (including phenoxy) is 1. The highest BCUT2D eigenvalue weighted by molar-refractivity contribution is 5.16. The summed E-state index contributed by atoms with van der Waals surface area (Å²) in [6.07, 6.45) is 0.243. The Balaban J connectivity index is 2.24. The average Bonchev–Trinajstić information content (AvgIpc) is 2.46. The van der Waals surface area contributed by atoms with Crippen LogP contribution in [-0.2, 0) is 4.74 Å².